The minimum atomic E-state index is 0.107. The van der Waals surface area contributed by atoms with Crippen molar-refractivity contribution in [2.45, 2.75) is 58.5 Å². The Hall–Kier alpha value is -0.120. The first kappa shape index (κ1) is 14.9. The monoisotopic (exact) mass is 242 g/mol. The van der Waals surface area contributed by atoms with E-state index >= 15 is 0 Å². The summed E-state index contributed by atoms with van der Waals surface area (Å²) in [6.07, 6.45) is 4.77. The molecule has 0 radical (unpaired) electrons. The van der Waals surface area contributed by atoms with Crippen LogP contribution in [0.25, 0.3) is 0 Å². The maximum Gasteiger partial charge on any atom is 0.0601 e. The van der Waals surface area contributed by atoms with Crippen molar-refractivity contribution in [3.63, 3.8) is 0 Å². The third-order valence-corrected chi connectivity index (χ3v) is 4.37. The lowest BCUT2D eigenvalue weighted by Crippen LogP contribution is -2.50. The molecule has 0 aromatic carbocycles. The van der Waals surface area contributed by atoms with Crippen LogP contribution in [-0.4, -0.2) is 41.8 Å². The van der Waals surface area contributed by atoms with Gasteiger partial charge >= 0.3 is 0 Å². The fourth-order valence-corrected chi connectivity index (χ4v) is 2.94. The van der Waals surface area contributed by atoms with E-state index in [9.17, 15) is 5.11 Å². The Kier molecular flexibility index (Phi) is 6.45. The molecule has 3 unspecified atom stereocenters. The van der Waals surface area contributed by atoms with Crippen LogP contribution in [-0.2, 0) is 0 Å². The van der Waals surface area contributed by atoms with Crippen LogP contribution in [0, 0.1) is 11.8 Å². The van der Waals surface area contributed by atoms with Gasteiger partial charge in [-0.15, -0.1) is 0 Å². The number of rotatable bonds is 5. The molecule has 3 heteroatoms. The molecule has 3 nitrogen and oxygen atoms in total. The van der Waals surface area contributed by atoms with Gasteiger partial charge in [-0.1, -0.05) is 20.8 Å². The molecule has 3 atom stereocenters. The Labute approximate surface area is 106 Å². The van der Waals surface area contributed by atoms with Gasteiger partial charge in [-0.05, 0) is 50.6 Å². The Balaban J connectivity index is 2.54. The lowest BCUT2D eigenvalue weighted by atomic mass is 9.89. The average molecular weight is 242 g/mol. The van der Waals surface area contributed by atoms with E-state index in [-0.39, 0.29) is 18.7 Å². The maximum atomic E-state index is 9.53. The third-order valence-electron chi connectivity index (χ3n) is 4.37. The zero-order valence-electron chi connectivity index (χ0n) is 11.7. The molecule has 1 saturated heterocycles. The smallest absolute Gasteiger partial charge is 0.0601 e. The highest BCUT2D eigenvalue weighted by molar-refractivity contribution is 4.83. The number of likely N-dealkylation sites (tertiary alicyclic amines) is 1. The molecule has 1 aliphatic heterocycles. The van der Waals surface area contributed by atoms with Crippen LogP contribution in [0.3, 0.4) is 0 Å². The van der Waals surface area contributed by atoms with Gasteiger partial charge in [0.15, 0.2) is 0 Å². The van der Waals surface area contributed by atoms with Gasteiger partial charge in [0.2, 0.25) is 0 Å². The summed E-state index contributed by atoms with van der Waals surface area (Å²) in [7, 11) is 0. The molecule has 0 bridgehead atoms. The van der Waals surface area contributed by atoms with Crippen LogP contribution in [0.1, 0.15) is 46.5 Å². The van der Waals surface area contributed by atoms with E-state index in [0.717, 1.165) is 31.3 Å². The summed E-state index contributed by atoms with van der Waals surface area (Å²) in [5.74, 6) is 1.62. The van der Waals surface area contributed by atoms with E-state index in [1.54, 1.807) is 0 Å². The molecular formula is C14H30N2O. The van der Waals surface area contributed by atoms with Gasteiger partial charge in [0, 0.05) is 12.1 Å². The summed E-state index contributed by atoms with van der Waals surface area (Å²) in [5, 5.41) is 9.53. The van der Waals surface area contributed by atoms with Gasteiger partial charge in [0.1, 0.15) is 0 Å². The quantitative estimate of drug-likeness (QED) is 0.773. The highest BCUT2D eigenvalue weighted by Gasteiger charge is 2.26. The Morgan fingerprint density at radius 2 is 2.00 bits per heavy atom. The van der Waals surface area contributed by atoms with Gasteiger partial charge in [0.05, 0.1) is 6.61 Å². The summed E-state index contributed by atoms with van der Waals surface area (Å²) in [6.45, 7) is 9.14. The molecule has 17 heavy (non-hydrogen) atoms. The van der Waals surface area contributed by atoms with Crippen molar-refractivity contribution in [3.8, 4) is 0 Å². The topological polar surface area (TPSA) is 49.5 Å². The molecule has 0 amide bonds. The molecule has 3 N–H and O–H groups in total. The Morgan fingerprint density at radius 1 is 1.29 bits per heavy atom. The fourth-order valence-electron chi connectivity index (χ4n) is 2.94. The summed E-state index contributed by atoms with van der Waals surface area (Å²) in [4.78, 5) is 2.41. The number of nitrogens with zero attached hydrogens (tertiary/aromatic N) is 1. The largest absolute Gasteiger partial charge is 0.395 e. The molecule has 0 spiro atoms. The first-order valence-electron chi connectivity index (χ1n) is 7.20. The molecule has 0 aliphatic carbocycles. The van der Waals surface area contributed by atoms with Gasteiger partial charge in [-0.25, -0.2) is 0 Å². The standard InChI is InChI=1S/C14H30N2O/c1-4-13(15)14(10-17)16-8-5-6-12(7-9-16)11(2)3/h11-14,17H,4-10,15H2,1-3H3. The molecule has 1 rings (SSSR count). The van der Waals surface area contributed by atoms with Crippen molar-refractivity contribution in [2.24, 2.45) is 17.6 Å². The minimum absolute atomic E-state index is 0.107. The van der Waals surface area contributed by atoms with Crippen LogP contribution in [0.15, 0.2) is 0 Å². The SMILES string of the molecule is CCC(N)C(CO)N1CCCC(C(C)C)CC1. The van der Waals surface area contributed by atoms with E-state index in [1.807, 2.05) is 0 Å². The number of hydrogen-bond donors (Lipinski definition) is 2. The average Bonchev–Trinajstić information content (AvgIpc) is 2.55. The van der Waals surface area contributed by atoms with Gasteiger partial charge in [-0.3, -0.25) is 4.90 Å². The molecule has 102 valence electrons. The lowest BCUT2D eigenvalue weighted by molar-refractivity contribution is 0.104. The molecule has 1 heterocycles. The third kappa shape index (κ3) is 4.23. The first-order valence-corrected chi connectivity index (χ1v) is 7.20. The Bertz CT molecular complexity index is 208. The van der Waals surface area contributed by atoms with Crippen molar-refractivity contribution in [2.75, 3.05) is 19.7 Å². The van der Waals surface area contributed by atoms with Crippen molar-refractivity contribution in [3.05, 3.63) is 0 Å². The van der Waals surface area contributed by atoms with E-state index in [1.165, 1.54) is 19.3 Å². The molecule has 0 aromatic heterocycles. The molecule has 0 saturated carbocycles. The van der Waals surface area contributed by atoms with Gasteiger partial charge < -0.3 is 10.8 Å². The highest BCUT2D eigenvalue weighted by atomic mass is 16.3. The summed E-state index contributed by atoms with van der Waals surface area (Å²) < 4.78 is 0. The summed E-state index contributed by atoms with van der Waals surface area (Å²) in [6, 6.07) is 0.265. The Morgan fingerprint density at radius 3 is 2.53 bits per heavy atom. The second kappa shape index (κ2) is 7.34. The number of aliphatic hydroxyl groups is 1. The van der Waals surface area contributed by atoms with E-state index in [0.29, 0.717) is 0 Å². The number of hydrogen-bond acceptors (Lipinski definition) is 3. The zero-order chi connectivity index (χ0) is 12.8. The summed E-state index contributed by atoms with van der Waals surface area (Å²) >= 11 is 0. The van der Waals surface area contributed by atoms with Gasteiger partial charge in [-0.2, -0.15) is 0 Å². The van der Waals surface area contributed by atoms with Gasteiger partial charge in [0.25, 0.3) is 0 Å². The second-order valence-corrected chi connectivity index (χ2v) is 5.79. The predicted molar refractivity (Wildman–Crippen MR) is 72.9 cm³/mol. The zero-order valence-corrected chi connectivity index (χ0v) is 11.7. The molecule has 1 aliphatic rings. The van der Waals surface area contributed by atoms with Crippen LogP contribution >= 0.6 is 0 Å². The van der Waals surface area contributed by atoms with Crippen molar-refractivity contribution >= 4 is 0 Å². The van der Waals surface area contributed by atoms with E-state index in [2.05, 4.69) is 25.7 Å². The van der Waals surface area contributed by atoms with Crippen LogP contribution in [0.2, 0.25) is 0 Å². The molecule has 0 aromatic rings. The maximum absolute atomic E-state index is 9.53. The van der Waals surface area contributed by atoms with Crippen molar-refractivity contribution < 1.29 is 5.11 Å². The van der Waals surface area contributed by atoms with Crippen LogP contribution < -0.4 is 5.73 Å². The number of nitrogens with two attached hydrogens (primary N) is 1. The first-order chi connectivity index (χ1) is 8.10. The fraction of sp³-hybridized carbons (Fsp3) is 1.00. The highest BCUT2D eigenvalue weighted by Crippen LogP contribution is 2.25. The summed E-state index contributed by atoms with van der Waals surface area (Å²) in [5.41, 5.74) is 6.10. The number of aliphatic hydroxyl groups excluding tert-OH is 1. The van der Waals surface area contributed by atoms with Crippen LogP contribution in [0.4, 0.5) is 0 Å². The van der Waals surface area contributed by atoms with E-state index in [4.69, 9.17) is 5.73 Å². The molecule has 1 fully saturated rings. The second-order valence-electron chi connectivity index (χ2n) is 5.79. The minimum Gasteiger partial charge on any atom is -0.395 e. The van der Waals surface area contributed by atoms with E-state index < -0.39 is 0 Å². The van der Waals surface area contributed by atoms with Crippen LogP contribution in [0.5, 0.6) is 0 Å². The lowest BCUT2D eigenvalue weighted by Gasteiger charge is -2.33. The predicted octanol–water partition coefficient (Wildman–Crippen LogP) is 1.84. The molecular weight excluding hydrogens is 212 g/mol. The van der Waals surface area contributed by atoms with Crippen molar-refractivity contribution in [1.29, 1.82) is 0 Å². The van der Waals surface area contributed by atoms with Crippen molar-refractivity contribution in [1.82, 2.24) is 4.90 Å². The normalized spacial score (nSPS) is 26.8.